The van der Waals surface area contributed by atoms with Gasteiger partial charge in [-0.2, -0.15) is 0 Å². The maximum absolute atomic E-state index is 4.71. The quantitative estimate of drug-likeness (QED) is 0.394. The number of benzene rings is 2. The van der Waals surface area contributed by atoms with Crippen LogP contribution in [0.5, 0.6) is 0 Å². The number of hydrogen-bond donors (Lipinski definition) is 0. The van der Waals surface area contributed by atoms with Gasteiger partial charge in [-0.1, -0.05) is 61.2 Å². The Hall–Kier alpha value is -1.76. The molecule has 6 rings (SSSR count). The SMILES string of the molecule is [Ir].[c-]1cc2c(cc1-c1ccc(-c3ccccc3)cn1)C1CCC2CC1. The summed E-state index contributed by atoms with van der Waals surface area (Å²) in [5, 5.41) is 0. The molecule has 1 radical (unpaired) electrons. The van der Waals surface area contributed by atoms with E-state index in [2.05, 4.69) is 54.6 Å². The topological polar surface area (TPSA) is 12.9 Å². The van der Waals surface area contributed by atoms with Crippen LogP contribution in [0.4, 0.5) is 0 Å². The smallest absolute Gasteiger partial charge is 0.0239 e. The minimum Gasteiger partial charge on any atom is -0.304 e. The number of nitrogens with zero attached hydrogens (tertiary/aromatic N) is 1. The first kappa shape index (κ1) is 16.7. The van der Waals surface area contributed by atoms with Gasteiger partial charge in [0.25, 0.3) is 0 Å². The van der Waals surface area contributed by atoms with Gasteiger partial charge in [0.15, 0.2) is 0 Å². The summed E-state index contributed by atoms with van der Waals surface area (Å²) in [6.45, 7) is 0. The number of pyridine rings is 1. The van der Waals surface area contributed by atoms with Crippen LogP contribution in [-0.2, 0) is 20.1 Å². The van der Waals surface area contributed by atoms with Crippen LogP contribution >= 0.6 is 0 Å². The minimum atomic E-state index is 0. The molecule has 127 valence electrons. The van der Waals surface area contributed by atoms with Crippen molar-refractivity contribution in [2.24, 2.45) is 0 Å². The first-order valence-corrected chi connectivity index (χ1v) is 8.96. The molecule has 0 saturated heterocycles. The summed E-state index contributed by atoms with van der Waals surface area (Å²) in [7, 11) is 0. The monoisotopic (exact) mass is 503 g/mol. The van der Waals surface area contributed by atoms with E-state index in [4.69, 9.17) is 4.98 Å². The van der Waals surface area contributed by atoms with Crippen LogP contribution in [0.25, 0.3) is 22.4 Å². The molecule has 2 heteroatoms. The summed E-state index contributed by atoms with van der Waals surface area (Å²) in [4.78, 5) is 4.71. The fourth-order valence-electron chi connectivity index (χ4n) is 4.44. The predicted octanol–water partition coefficient (Wildman–Crippen LogP) is 5.97. The van der Waals surface area contributed by atoms with Crippen molar-refractivity contribution in [3.8, 4) is 22.4 Å². The molecular formula is C23H20IrN-. The van der Waals surface area contributed by atoms with Gasteiger partial charge < -0.3 is 4.98 Å². The molecule has 1 fully saturated rings. The maximum atomic E-state index is 4.71. The van der Waals surface area contributed by atoms with E-state index in [1.807, 2.05) is 12.3 Å². The van der Waals surface area contributed by atoms with Crippen molar-refractivity contribution in [3.05, 3.63) is 78.0 Å². The van der Waals surface area contributed by atoms with E-state index < -0.39 is 0 Å². The maximum Gasteiger partial charge on any atom is 0.0239 e. The molecule has 1 heterocycles. The molecule has 0 amide bonds. The van der Waals surface area contributed by atoms with Crippen molar-refractivity contribution in [1.29, 1.82) is 0 Å². The second-order valence-corrected chi connectivity index (χ2v) is 7.10. The van der Waals surface area contributed by atoms with Crippen LogP contribution in [0, 0.1) is 6.07 Å². The van der Waals surface area contributed by atoms with Crippen LogP contribution in [0.3, 0.4) is 0 Å². The fraction of sp³-hybridized carbons (Fsp3) is 0.261. The minimum absolute atomic E-state index is 0. The fourth-order valence-corrected chi connectivity index (χ4v) is 4.44. The third kappa shape index (κ3) is 2.99. The first-order chi connectivity index (χ1) is 11.9. The Morgan fingerprint density at radius 1 is 0.800 bits per heavy atom. The largest absolute Gasteiger partial charge is 0.304 e. The van der Waals surface area contributed by atoms with E-state index in [9.17, 15) is 0 Å². The van der Waals surface area contributed by atoms with E-state index in [-0.39, 0.29) is 20.1 Å². The molecule has 1 saturated carbocycles. The molecule has 0 unspecified atom stereocenters. The van der Waals surface area contributed by atoms with Gasteiger partial charge in [-0.3, -0.25) is 0 Å². The van der Waals surface area contributed by atoms with E-state index in [0.717, 1.165) is 28.7 Å². The van der Waals surface area contributed by atoms with Crippen molar-refractivity contribution >= 4 is 0 Å². The molecule has 2 aromatic carbocycles. The molecule has 3 aliphatic rings. The van der Waals surface area contributed by atoms with Crippen molar-refractivity contribution in [2.45, 2.75) is 37.5 Å². The van der Waals surface area contributed by atoms with Gasteiger partial charge in [-0.05, 0) is 35.6 Å². The molecule has 1 nitrogen and oxygen atoms in total. The average molecular weight is 503 g/mol. The van der Waals surface area contributed by atoms with Gasteiger partial charge in [0, 0.05) is 26.3 Å². The Bertz CT molecular complexity index is 862. The van der Waals surface area contributed by atoms with Gasteiger partial charge in [0.2, 0.25) is 0 Å². The third-order valence-corrected chi connectivity index (χ3v) is 5.77. The van der Waals surface area contributed by atoms with Crippen molar-refractivity contribution in [2.75, 3.05) is 0 Å². The molecule has 0 aliphatic heterocycles. The van der Waals surface area contributed by atoms with E-state index in [0.29, 0.717) is 0 Å². The molecule has 1 aromatic heterocycles. The van der Waals surface area contributed by atoms with Gasteiger partial charge in [-0.25, -0.2) is 0 Å². The Labute approximate surface area is 162 Å². The second kappa shape index (κ2) is 6.86. The molecule has 25 heavy (non-hydrogen) atoms. The summed E-state index contributed by atoms with van der Waals surface area (Å²) in [5.74, 6) is 1.55. The van der Waals surface area contributed by atoms with Crippen LogP contribution in [0.1, 0.15) is 48.6 Å². The Balaban J connectivity index is 0.00000157. The average Bonchev–Trinajstić information content (AvgIpc) is 2.69. The summed E-state index contributed by atoms with van der Waals surface area (Å²) in [6.07, 6.45) is 7.44. The van der Waals surface area contributed by atoms with Crippen molar-refractivity contribution in [3.63, 3.8) is 0 Å². The van der Waals surface area contributed by atoms with Crippen LogP contribution in [-0.4, -0.2) is 4.98 Å². The molecule has 3 aromatic rings. The molecule has 3 aliphatic carbocycles. The van der Waals surface area contributed by atoms with Crippen molar-refractivity contribution < 1.29 is 20.1 Å². The zero-order chi connectivity index (χ0) is 15.9. The molecular weight excluding hydrogens is 482 g/mol. The summed E-state index contributed by atoms with van der Waals surface area (Å²) in [5.41, 5.74) is 7.67. The summed E-state index contributed by atoms with van der Waals surface area (Å²) < 4.78 is 0. The molecule has 0 atom stereocenters. The van der Waals surface area contributed by atoms with Crippen LogP contribution in [0.15, 0.2) is 60.8 Å². The Kier molecular flexibility index (Phi) is 4.58. The van der Waals surface area contributed by atoms with Gasteiger partial charge in [-0.15, -0.1) is 34.9 Å². The number of hydrogen-bond acceptors (Lipinski definition) is 1. The number of aromatic nitrogens is 1. The predicted molar refractivity (Wildman–Crippen MR) is 97.9 cm³/mol. The zero-order valence-electron chi connectivity index (χ0n) is 14.0. The molecule has 0 N–H and O–H groups in total. The van der Waals surface area contributed by atoms with Crippen molar-refractivity contribution in [1.82, 2.24) is 4.98 Å². The zero-order valence-corrected chi connectivity index (χ0v) is 16.4. The van der Waals surface area contributed by atoms with E-state index in [1.165, 1.54) is 31.2 Å². The van der Waals surface area contributed by atoms with Crippen LogP contribution in [0.2, 0.25) is 0 Å². The molecule has 2 bridgehead atoms. The van der Waals surface area contributed by atoms with E-state index >= 15 is 0 Å². The standard InChI is InChI=1S/C23H20N.Ir/c1-2-4-16(5-3-1)20-11-13-23(24-15-20)19-10-12-21-17-6-8-18(9-7-17)22(21)14-19;/h1-5,11-15,17-18H,6-9H2;/q-1;. The normalized spacial score (nSPS) is 20.6. The number of fused-ring (bicyclic) bond motifs is 2. The second-order valence-electron chi connectivity index (χ2n) is 7.10. The van der Waals surface area contributed by atoms with Gasteiger partial charge in [0.05, 0.1) is 0 Å². The molecule has 0 spiro atoms. The number of rotatable bonds is 2. The van der Waals surface area contributed by atoms with Crippen LogP contribution < -0.4 is 0 Å². The summed E-state index contributed by atoms with van der Waals surface area (Å²) in [6, 6.07) is 22.8. The van der Waals surface area contributed by atoms with E-state index in [1.54, 1.807) is 11.1 Å². The van der Waals surface area contributed by atoms with Gasteiger partial charge >= 0.3 is 0 Å². The van der Waals surface area contributed by atoms with Gasteiger partial charge in [0.1, 0.15) is 0 Å². The Morgan fingerprint density at radius 3 is 2.20 bits per heavy atom. The third-order valence-electron chi connectivity index (χ3n) is 5.77. The summed E-state index contributed by atoms with van der Waals surface area (Å²) >= 11 is 0. The first-order valence-electron chi connectivity index (χ1n) is 8.96. The Morgan fingerprint density at radius 2 is 1.52 bits per heavy atom.